The van der Waals surface area contributed by atoms with Crippen LogP contribution in [-0.4, -0.2) is 7.63 Å². The molecule has 0 N–H and O–H groups in total. The third-order valence-corrected chi connectivity index (χ3v) is 1.48. The van der Waals surface area contributed by atoms with Gasteiger partial charge in [0.05, 0.1) is 5.76 Å². The molecule has 0 aliphatic carbocycles. The van der Waals surface area contributed by atoms with E-state index in [2.05, 4.69) is 6.58 Å². The molecule has 0 saturated heterocycles. The van der Waals surface area contributed by atoms with Gasteiger partial charge in [0, 0.05) is 0 Å². The maximum Gasteiger partial charge on any atom is 0.341 e. The summed E-state index contributed by atoms with van der Waals surface area (Å²) in [5.41, 5.74) is 0. The van der Waals surface area contributed by atoms with Gasteiger partial charge < -0.3 is 4.43 Å². The Morgan fingerprint density at radius 2 is 2.00 bits per heavy atom. The lowest BCUT2D eigenvalue weighted by Gasteiger charge is -2.14. The van der Waals surface area contributed by atoms with Crippen molar-refractivity contribution in [1.82, 2.24) is 0 Å². The lowest BCUT2D eigenvalue weighted by atomic mass is 10.7. The van der Waals surface area contributed by atoms with Gasteiger partial charge in [-0.25, -0.2) is 0 Å². The zero-order valence-electron chi connectivity index (χ0n) is 5.49. The second-order valence-corrected chi connectivity index (χ2v) is 7.83. The van der Waals surface area contributed by atoms with E-state index < -0.39 is 7.63 Å². The molecule has 0 heterocycles. The van der Waals surface area contributed by atoms with Gasteiger partial charge in [-0.15, -0.1) is 11.1 Å². The van der Waals surface area contributed by atoms with Crippen molar-refractivity contribution in [2.75, 3.05) is 0 Å². The second-order valence-electron chi connectivity index (χ2n) is 2.17. The highest BCUT2D eigenvalue weighted by atomic mass is 35.6. The molecule has 0 aliphatic heterocycles. The van der Waals surface area contributed by atoms with Gasteiger partial charge in [0.2, 0.25) is 0 Å². The van der Waals surface area contributed by atoms with Crippen molar-refractivity contribution in [2.45, 2.75) is 20.0 Å². The van der Waals surface area contributed by atoms with Crippen molar-refractivity contribution in [3.05, 3.63) is 12.3 Å². The lowest BCUT2D eigenvalue weighted by molar-refractivity contribution is 0.439. The van der Waals surface area contributed by atoms with Crippen LogP contribution in [0.3, 0.4) is 0 Å². The fourth-order valence-corrected chi connectivity index (χ4v) is 1.64. The summed E-state index contributed by atoms with van der Waals surface area (Å²) in [5, 5.41) is 0. The normalized spacial score (nSPS) is 11.0. The molecular formula is C5H11ClOSi. The molecule has 0 bridgehead atoms. The Morgan fingerprint density at radius 3 is 2.00 bits per heavy atom. The minimum absolute atomic E-state index is 0.705. The smallest absolute Gasteiger partial charge is 0.341 e. The van der Waals surface area contributed by atoms with E-state index in [-0.39, 0.29) is 0 Å². The molecule has 1 nitrogen and oxygen atoms in total. The molecule has 0 unspecified atom stereocenters. The molecule has 0 aromatic rings. The SMILES string of the molecule is C=C(C)O[Si](C)(C)Cl. The maximum absolute atomic E-state index is 5.78. The summed E-state index contributed by atoms with van der Waals surface area (Å²) in [7, 11) is -1.85. The molecule has 0 aliphatic rings. The monoisotopic (exact) mass is 150 g/mol. The Morgan fingerprint density at radius 1 is 1.62 bits per heavy atom. The van der Waals surface area contributed by atoms with E-state index >= 15 is 0 Å². The molecule has 0 atom stereocenters. The standard InChI is InChI=1S/C5H11ClOSi/c1-5(2)7-8(3,4)6/h1H2,2-4H3. The van der Waals surface area contributed by atoms with Crippen LogP contribution in [0.5, 0.6) is 0 Å². The van der Waals surface area contributed by atoms with Crippen LogP contribution >= 0.6 is 11.1 Å². The highest BCUT2D eigenvalue weighted by molar-refractivity contribution is 7.15. The molecule has 0 spiro atoms. The molecule has 0 radical (unpaired) electrons. The van der Waals surface area contributed by atoms with Crippen LogP contribution in [0.25, 0.3) is 0 Å². The third-order valence-electron chi connectivity index (χ3n) is 0.417. The van der Waals surface area contributed by atoms with Gasteiger partial charge in [0.1, 0.15) is 0 Å². The van der Waals surface area contributed by atoms with Crippen LogP contribution in [0.1, 0.15) is 6.92 Å². The Labute approximate surface area is 56.1 Å². The van der Waals surface area contributed by atoms with Gasteiger partial charge in [-0.05, 0) is 20.0 Å². The van der Waals surface area contributed by atoms with E-state index in [0.717, 1.165) is 0 Å². The Hall–Kier alpha value is 0.0469. The summed E-state index contributed by atoms with van der Waals surface area (Å²) in [6.45, 7) is 9.18. The fraction of sp³-hybridized carbons (Fsp3) is 0.600. The largest absolute Gasteiger partial charge is 0.534 e. The molecular weight excluding hydrogens is 140 g/mol. The highest BCUT2D eigenvalue weighted by Gasteiger charge is 2.18. The van der Waals surface area contributed by atoms with Gasteiger partial charge in [-0.2, -0.15) is 0 Å². The van der Waals surface area contributed by atoms with Crippen LogP contribution < -0.4 is 0 Å². The highest BCUT2D eigenvalue weighted by Crippen LogP contribution is 2.12. The van der Waals surface area contributed by atoms with Gasteiger partial charge in [-0.1, -0.05) is 6.58 Å². The number of allylic oxidation sites excluding steroid dienone is 1. The first-order valence-electron chi connectivity index (χ1n) is 2.45. The molecule has 3 heteroatoms. The number of halogens is 1. The quantitative estimate of drug-likeness (QED) is 0.334. The summed E-state index contributed by atoms with van der Waals surface area (Å²) < 4.78 is 5.15. The van der Waals surface area contributed by atoms with Crippen LogP contribution in [0.4, 0.5) is 0 Å². The van der Waals surface area contributed by atoms with Gasteiger partial charge in [0.15, 0.2) is 0 Å². The topological polar surface area (TPSA) is 9.23 Å². The summed E-state index contributed by atoms with van der Waals surface area (Å²) in [4.78, 5) is 0. The predicted octanol–water partition coefficient (Wildman–Crippen LogP) is 2.48. The average molecular weight is 151 g/mol. The lowest BCUT2D eigenvalue weighted by Crippen LogP contribution is -2.20. The van der Waals surface area contributed by atoms with Crippen LogP contribution in [-0.2, 0) is 4.43 Å². The molecule has 0 saturated carbocycles. The summed E-state index contributed by atoms with van der Waals surface area (Å²) in [5.74, 6) is 0.705. The van der Waals surface area contributed by atoms with Crippen molar-refractivity contribution in [1.29, 1.82) is 0 Å². The van der Waals surface area contributed by atoms with Gasteiger partial charge in [0.25, 0.3) is 0 Å². The van der Waals surface area contributed by atoms with Crippen LogP contribution in [0, 0.1) is 0 Å². The van der Waals surface area contributed by atoms with Gasteiger partial charge in [-0.3, -0.25) is 0 Å². The van der Waals surface area contributed by atoms with E-state index in [9.17, 15) is 0 Å². The Bertz CT molecular complexity index is 95.1. The average Bonchev–Trinajstić information content (AvgIpc) is 1.21. The summed E-state index contributed by atoms with van der Waals surface area (Å²) >= 11 is 5.78. The molecule has 0 aromatic carbocycles. The van der Waals surface area contributed by atoms with E-state index in [1.807, 2.05) is 13.1 Å². The van der Waals surface area contributed by atoms with Crippen molar-refractivity contribution in [3.8, 4) is 0 Å². The first-order valence-corrected chi connectivity index (χ1v) is 6.37. The molecule has 0 rings (SSSR count). The molecule has 0 amide bonds. The van der Waals surface area contributed by atoms with E-state index in [1.165, 1.54) is 0 Å². The van der Waals surface area contributed by atoms with Crippen molar-refractivity contribution in [2.24, 2.45) is 0 Å². The minimum Gasteiger partial charge on any atom is -0.534 e. The van der Waals surface area contributed by atoms with Crippen molar-refractivity contribution >= 4 is 18.7 Å². The summed E-state index contributed by atoms with van der Waals surface area (Å²) in [6.07, 6.45) is 0. The number of hydrogen-bond donors (Lipinski definition) is 0. The fourth-order valence-electron chi connectivity index (χ4n) is 0.414. The Kier molecular flexibility index (Phi) is 2.57. The molecule has 48 valence electrons. The molecule has 0 fully saturated rings. The van der Waals surface area contributed by atoms with Crippen LogP contribution in [0.15, 0.2) is 12.3 Å². The third kappa shape index (κ3) is 6.05. The second kappa shape index (κ2) is 2.55. The first-order chi connectivity index (χ1) is 3.42. The number of rotatable bonds is 2. The molecule has 8 heavy (non-hydrogen) atoms. The van der Waals surface area contributed by atoms with E-state index in [1.54, 1.807) is 6.92 Å². The van der Waals surface area contributed by atoms with Crippen molar-refractivity contribution < 1.29 is 4.43 Å². The summed E-state index contributed by atoms with van der Waals surface area (Å²) in [6, 6.07) is 0. The van der Waals surface area contributed by atoms with Crippen LogP contribution in [0.2, 0.25) is 13.1 Å². The zero-order valence-corrected chi connectivity index (χ0v) is 7.25. The first kappa shape index (κ1) is 8.05. The molecule has 0 aromatic heterocycles. The predicted molar refractivity (Wildman–Crippen MR) is 39.2 cm³/mol. The van der Waals surface area contributed by atoms with E-state index in [0.29, 0.717) is 5.76 Å². The zero-order chi connectivity index (χ0) is 6.78. The minimum atomic E-state index is -1.85. The van der Waals surface area contributed by atoms with Gasteiger partial charge >= 0.3 is 7.63 Å². The maximum atomic E-state index is 5.78. The van der Waals surface area contributed by atoms with E-state index in [4.69, 9.17) is 15.5 Å². The Balaban J connectivity index is 3.55. The van der Waals surface area contributed by atoms with Crippen molar-refractivity contribution in [3.63, 3.8) is 0 Å². The number of hydrogen-bond acceptors (Lipinski definition) is 1.